The first kappa shape index (κ1) is 18.8. The predicted molar refractivity (Wildman–Crippen MR) is 113 cm³/mol. The third-order valence-corrected chi connectivity index (χ3v) is 5.91. The SMILES string of the molecule is CN=C(NC1CCOc2ccccc21)NC1CC1C1CCCCC1.I. The number of fused-ring (bicyclic) bond motifs is 1. The van der Waals surface area contributed by atoms with Gasteiger partial charge in [0.05, 0.1) is 12.6 Å². The van der Waals surface area contributed by atoms with E-state index in [0.29, 0.717) is 6.04 Å². The molecule has 0 amide bonds. The van der Waals surface area contributed by atoms with Gasteiger partial charge in [0, 0.05) is 25.1 Å². The number of guanidine groups is 1. The number of hydrogen-bond acceptors (Lipinski definition) is 2. The van der Waals surface area contributed by atoms with Crippen LogP contribution in [0.3, 0.4) is 0 Å². The van der Waals surface area contributed by atoms with E-state index in [-0.39, 0.29) is 30.0 Å². The second-order valence-electron chi connectivity index (χ2n) is 7.49. The average molecular weight is 455 g/mol. The third-order valence-electron chi connectivity index (χ3n) is 5.91. The Morgan fingerprint density at radius 3 is 2.68 bits per heavy atom. The van der Waals surface area contributed by atoms with Crippen molar-refractivity contribution in [1.29, 1.82) is 0 Å². The van der Waals surface area contributed by atoms with Gasteiger partial charge in [0.15, 0.2) is 5.96 Å². The molecule has 2 N–H and O–H groups in total. The zero-order valence-corrected chi connectivity index (χ0v) is 17.4. The fraction of sp³-hybridized carbons (Fsp3) is 0.650. The Balaban J connectivity index is 0.00000182. The number of halogens is 1. The molecule has 4 nitrogen and oxygen atoms in total. The number of hydrogen-bond donors (Lipinski definition) is 2. The summed E-state index contributed by atoms with van der Waals surface area (Å²) in [4.78, 5) is 4.47. The van der Waals surface area contributed by atoms with Crippen LogP contribution in [-0.4, -0.2) is 25.7 Å². The lowest BCUT2D eigenvalue weighted by molar-refractivity contribution is 0.261. The first-order valence-corrected chi connectivity index (χ1v) is 9.56. The van der Waals surface area contributed by atoms with Crippen molar-refractivity contribution in [2.75, 3.05) is 13.7 Å². The molecule has 5 heteroatoms. The Morgan fingerprint density at radius 1 is 1.08 bits per heavy atom. The van der Waals surface area contributed by atoms with E-state index in [9.17, 15) is 0 Å². The molecule has 0 radical (unpaired) electrons. The normalized spacial score (nSPS) is 29.0. The first-order valence-electron chi connectivity index (χ1n) is 9.56. The van der Waals surface area contributed by atoms with Crippen LogP contribution in [0.2, 0.25) is 0 Å². The molecule has 2 aliphatic carbocycles. The van der Waals surface area contributed by atoms with Crippen LogP contribution in [0, 0.1) is 11.8 Å². The zero-order chi connectivity index (χ0) is 16.4. The van der Waals surface area contributed by atoms with E-state index in [4.69, 9.17) is 4.74 Å². The van der Waals surface area contributed by atoms with E-state index >= 15 is 0 Å². The topological polar surface area (TPSA) is 45.7 Å². The Hall–Kier alpha value is -0.980. The number of rotatable bonds is 3. The Bertz CT molecular complexity index is 600. The van der Waals surface area contributed by atoms with Crippen LogP contribution in [-0.2, 0) is 0 Å². The highest BCUT2D eigenvalue weighted by atomic mass is 127. The predicted octanol–water partition coefficient (Wildman–Crippen LogP) is 4.26. The maximum atomic E-state index is 5.76. The van der Waals surface area contributed by atoms with Crippen LogP contribution >= 0.6 is 24.0 Å². The van der Waals surface area contributed by atoms with E-state index < -0.39 is 0 Å². The molecule has 1 aromatic rings. The molecule has 0 spiro atoms. The summed E-state index contributed by atoms with van der Waals surface area (Å²) in [5.41, 5.74) is 1.24. The minimum absolute atomic E-state index is 0. The Labute approximate surface area is 168 Å². The highest BCUT2D eigenvalue weighted by Gasteiger charge is 2.43. The molecule has 25 heavy (non-hydrogen) atoms. The van der Waals surface area contributed by atoms with Crippen molar-refractivity contribution < 1.29 is 4.74 Å². The van der Waals surface area contributed by atoms with Crippen LogP contribution in [0.4, 0.5) is 0 Å². The quantitative estimate of drug-likeness (QED) is 0.407. The van der Waals surface area contributed by atoms with E-state index in [1.54, 1.807) is 0 Å². The van der Waals surface area contributed by atoms with Gasteiger partial charge >= 0.3 is 0 Å². The lowest BCUT2D eigenvalue weighted by atomic mass is 9.85. The van der Waals surface area contributed by atoms with Gasteiger partial charge in [-0.3, -0.25) is 4.99 Å². The molecule has 2 saturated carbocycles. The lowest BCUT2D eigenvalue weighted by Gasteiger charge is -2.28. The summed E-state index contributed by atoms with van der Waals surface area (Å²) in [6, 6.07) is 9.23. The van der Waals surface area contributed by atoms with Crippen LogP contribution < -0.4 is 15.4 Å². The van der Waals surface area contributed by atoms with Crippen LogP contribution in [0.15, 0.2) is 29.3 Å². The molecule has 1 heterocycles. The van der Waals surface area contributed by atoms with E-state index in [0.717, 1.165) is 36.6 Å². The summed E-state index contributed by atoms with van der Waals surface area (Å²) in [5.74, 6) is 3.76. The minimum Gasteiger partial charge on any atom is -0.493 e. The number of para-hydroxylation sites is 1. The summed E-state index contributed by atoms with van der Waals surface area (Å²) in [6.07, 6.45) is 9.46. The van der Waals surface area contributed by atoms with Crippen molar-refractivity contribution in [2.45, 2.75) is 57.0 Å². The molecule has 0 saturated heterocycles. The fourth-order valence-electron chi connectivity index (χ4n) is 4.47. The molecule has 3 aliphatic rings. The number of benzene rings is 1. The molecule has 3 unspecified atom stereocenters. The molecular weight excluding hydrogens is 425 g/mol. The van der Waals surface area contributed by atoms with Gasteiger partial charge in [-0.15, -0.1) is 24.0 Å². The van der Waals surface area contributed by atoms with Crippen molar-refractivity contribution in [3.8, 4) is 5.75 Å². The van der Waals surface area contributed by atoms with Gasteiger partial charge in [-0.25, -0.2) is 0 Å². The van der Waals surface area contributed by atoms with Crippen LogP contribution in [0.25, 0.3) is 0 Å². The number of nitrogens with zero attached hydrogens (tertiary/aromatic N) is 1. The van der Waals surface area contributed by atoms with Crippen molar-refractivity contribution in [2.24, 2.45) is 16.8 Å². The molecule has 1 aliphatic heterocycles. The van der Waals surface area contributed by atoms with Crippen LogP contribution in [0.1, 0.15) is 56.6 Å². The molecule has 3 atom stereocenters. The van der Waals surface area contributed by atoms with E-state index in [1.807, 2.05) is 13.1 Å². The van der Waals surface area contributed by atoms with Crippen molar-refractivity contribution in [1.82, 2.24) is 10.6 Å². The zero-order valence-electron chi connectivity index (χ0n) is 15.0. The summed E-state index contributed by atoms with van der Waals surface area (Å²) in [6.45, 7) is 0.764. The van der Waals surface area contributed by atoms with Gasteiger partial charge in [0.25, 0.3) is 0 Å². The number of aliphatic imine (C=N–C) groups is 1. The molecule has 4 rings (SSSR count). The fourth-order valence-corrected chi connectivity index (χ4v) is 4.47. The van der Waals surface area contributed by atoms with E-state index in [2.05, 4.69) is 33.8 Å². The van der Waals surface area contributed by atoms with E-state index in [1.165, 1.54) is 44.1 Å². The Kier molecular flexibility index (Phi) is 6.47. The van der Waals surface area contributed by atoms with Gasteiger partial charge < -0.3 is 15.4 Å². The molecular formula is C20H30IN3O. The average Bonchev–Trinajstić information content (AvgIpc) is 3.41. The summed E-state index contributed by atoms with van der Waals surface area (Å²) < 4.78 is 5.76. The largest absolute Gasteiger partial charge is 0.493 e. The highest BCUT2D eigenvalue weighted by Crippen LogP contribution is 2.44. The maximum Gasteiger partial charge on any atom is 0.191 e. The van der Waals surface area contributed by atoms with Crippen molar-refractivity contribution >= 4 is 29.9 Å². The number of nitrogens with one attached hydrogen (secondary N) is 2. The van der Waals surface area contributed by atoms with Gasteiger partial charge in [0.2, 0.25) is 0 Å². The first-order chi connectivity index (χ1) is 11.8. The lowest BCUT2D eigenvalue weighted by Crippen LogP contribution is -2.42. The smallest absolute Gasteiger partial charge is 0.191 e. The van der Waals surface area contributed by atoms with Crippen molar-refractivity contribution in [3.05, 3.63) is 29.8 Å². The monoisotopic (exact) mass is 455 g/mol. The highest BCUT2D eigenvalue weighted by molar-refractivity contribution is 14.0. The van der Waals surface area contributed by atoms with Gasteiger partial charge in [-0.05, 0) is 24.3 Å². The summed E-state index contributed by atoms with van der Waals surface area (Å²) >= 11 is 0. The second-order valence-corrected chi connectivity index (χ2v) is 7.49. The third kappa shape index (κ3) is 4.41. The molecule has 0 bridgehead atoms. The number of ether oxygens (including phenoxy) is 1. The van der Waals surface area contributed by atoms with Crippen LogP contribution in [0.5, 0.6) is 5.75 Å². The molecule has 0 aromatic heterocycles. The van der Waals surface area contributed by atoms with Gasteiger partial charge in [-0.1, -0.05) is 50.3 Å². The van der Waals surface area contributed by atoms with Gasteiger partial charge in [-0.2, -0.15) is 0 Å². The minimum atomic E-state index is 0. The summed E-state index contributed by atoms with van der Waals surface area (Å²) in [7, 11) is 1.87. The van der Waals surface area contributed by atoms with Gasteiger partial charge in [0.1, 0.15) is 5.75 Å². The standard InChI is InChI=1S/C20H29N3O.HI/c1-21-20(23-18-13-16(18)14-7-3-2-4-8-14)22-17-11-12-24-19-10-6-5-9-15(17)19;/h5-6,9-10,14,16-18H,2-4,7-8,11-13H2,1H3,(H2,21,22,23);1H. The Morgan fingerprint density at radius 2 is 1.88 bits per heavy atom. The maximum absolute atomic E-state index is 5.76. The molecule has 1 aromatic carbocycles. The molecule has 2 fully saturated rings. The second kappa shape index (κ2) is 8.60. The summed E-state index contributed by atoms with van der Waals surface area (Å²) in [5, 5.41) is 7.28. The van der Waals surface area contributed by atoms with Crippen molar-refractivity contribution in [3.63, 3.8) is 0 Å². The molecule has 138 valence electrons.